The molecule has 6 heteroatoms. The van der Waals surface area contributed by atoms with Crippen molar-refractivity contribution in [2.75, 3.05) is 16.8 Å². The highest BCUT2D eigenvalue weighted by Gasteiger charge is 2.27. The molecule has 5 nitrogen and oxygen atoms in total. The second-order valence-corrected chi connectivity index (χ2v) is 8.87. The van der Waals surface area contributed by atoms with E-state index in [2.05, 4.69) is 12.2 Å². The lowest BCUT2D eigenvalue weighted by Gasteiger charge is -2.29. The minimum Gasteiger partial charge on any atom is -0.481 e. The fraction of sp³-hybridized carbons (Fsp3) is 0.588. The molecule has 1 aromatic carbocycles. The molecular formula is C17H25NO4S. The topological polar surface area (TPSA) is 83.5 Å². The van der Waals surface area contributed by atoms with Crippen LogP contribution in [0.25, 0.3) is 0 Å². The summed E-state index contributed by atoms with van der Waals surface area (Å²) in [6.45, 7) is 3.79. The lowest BCUT2D eigenvalue weighted by molar-refractivity contribution is -0.141. The number of carbonyl (C=O) groups is 1. The molecule has 1 saturated heterocycles. The van der Waals surface area contributed by atoms with Crippen LogP contribution in [0.3, 0.4) is 0 Å². The molecule has 2 unspecified atom stereocenters. The molecule has 128 valence electrons. The van der Waals surface area contributed by atoms with Gasteiger partial charge in [-0.1, -0.05) is 19.1 Å². The van der Waals surface area contributed by atoms with Gasteiger partial charge in [-0.25, -0.2) is 8.42 Å². The predicted molar refractivity (Wildman–Crippen MR) is 91.4 cm³/mol. The van der Waals surface area contributed by atoms with Crippen molar-refractivity contribution in [1.82, 2.24) is 0 Å². The van der Waals surface area contributed by atoms with E-state index in [9.17, 15) is 13.2 Å². The van der Waals surface area contributed by atoms with Crippen LogP contribution in [0.4, 0.5) is 5.69 Å². The van der Waals surface area contributed by atoms with Gasteiger partial charge < -0.3 is 10.4 Å². The third-order valence-electron chi connectivity index (χ3n) is 4.62. The van der Waals surface area contributed by atoms with Crippen molar-refractivity contribution >= 4 is 21.5 Å². The van der Waals surface area contributed by atoms with Crippen LogP contribution in [-0.4, -0.2) is 37.0 Å². The largest absolute Gasteiger partial charge is 0.481 e. The van der Waals surface area contributed by atoms with Crippen LogP contribution in [0.1, 0.15) is 32.3 Å². The number of carboxylic acid groups (broad SMARTS) is 1. The predicted octanol–water partition coefficient (Wildman–Crippen LogP) is 2.58. The first kappa shape index (κ1) is 17.8. The Labute approximate surface area is 138 Å². The molecule has 1 fully saturated rings. The van der Waals surface area contributed by atoms with E-state index in [0.717, 1.165) is 11.3 Å². The summed E-state index contributed by atoms with van der Waals surface area (Å²) in [7, 11) is -2.82. The van der Waals surface area contributed by atoms with Crippen molar-refractivity contribution in [2.24, 2.45) is 11.8 Å². The molecule has 2 N–H and O–H groups in total. The van der Waals surface area contributed by atoms with Crippen molar-refractivity contribution in [3.8, 4) is 0 Å². The van der Waals surface area contributed by atoms with Gasteiger partial charge in [0.25, 0.3) is 0 Å². The zero-order chi connectivity index (χ0) is 17.0. The highest BCUT2D eigenvalue weighted by atomic mass is 32.2. The van der Waals surface area contributed by atoms with E-state index in [1.165, 1.54) is 0 Å². The van der Waals surface area contributed by atoms with Gasteiger partial charge in [-0.05, 0) is 49.8 Å². The van der Waals surface area contributed by atoms with E-state index in [4.69, 9.17) is 5.11 Å². The SMILES string of the molecule is CC(Cc1ccc(NC(C)C2CCS(=O)(=O)CC2)cc1)C(=O)O. The van der Waals surface area contributed by atoms with Gasteiger partial charge in [-0.15, -0.1) is 0 Å². The van der Waals surface area contributed by atoms with Crippen LogP contribution < -0.4 is 5.32 Å². The van der Waals surface area contributed by atoms with Crippen LogP contribution in [0, 0.1) is 11.8 Å². The molecule has 0 radical (unpaired) electrons. The Morgan fingerprint density at radius 3 is 2.30 bits per heavy atom. The van der Waals surface area contributed by atoms with E-state index in [1.807, 2.05) is 24.3 Å². The molecule has 2 rings (SSSR count). The highest BCUT2D eigenvalue weighted by Crippen LogP contribution is 2.24. The Morgan fingerprint density at radius 1 is 1.22 bits per heavy atom. The zero-order valence-electron chi connectivity index (χ0n) is 13.7. The van der Waals surface area contributed by atoms with Gasteiger partial charge in [-0.3, -0.25) is 4.79 Å². The summed E-state index contributed by atoms with van der Waals surface area (Å²) in [4.78, 5) is 10.9. The first-order chi connectivity index (χ1) is 10.8. The Morgan fingerprint density at radius 2 is 1.78 bits per heavy atom. The molecule has 0 amide bonds. The molecule has 0 aromatic heterocycles. The minimum absolute atomic E-state index is 0.217. The number of carboxylic acids is 1. The Balaban J connectivity index is 1.89. The summed E-state index contributed by atoms with van der Waals surface area (Å²) < 4.78 is 23.0. The van der Waals surface area contributed by atoms with E-state index >= 15 is 0 Å². The van der Waals surface area contributed by atoms with E-state index in [0.29, 0.717) is 25.2 Å². The van der Waals surface area contributed by atoms with Gasteiger partial charge in [0.15, 0.2) is 0 Å². The maximum absolute atomic E-state index is 11.5. The number of rotatable bonds is 6. The molecule has 1 aromatic rings. The van der Waals surface area contributed by atoms with Gasteiger partial charge in [0.05, 0.1) is 17.4 Å². The molecule has 0 spiro atoms. The number of sulfone groups is 1. The third-order valence-corrected chi connectivity index (χ3v) is 6.33. The first-order valence-corrected chi connectivity index (χ1v) is 9.87. The van der Waals surface area contributed by atoms with Crippen molar-refractivity contribution < 1.29 is 18.3 Å². The standard InChI is InChI=1S/C17H25NO4S/c1-12(17(19)20)11-14-3-5-16(6-4-14)18-13(2)15-7-9-23(21,22)10-8-15/h3-6,12-13,15,18H,7-11H2,1-2H3,(H,19,20). The van der Waals surface area contributed by atoms with Crippen LogP contribution in [-0.2, 0) is 21.1 Å². The highest BCUT2D eigenvalue weighted by molar-refractivity contribution is 7.91. The number of nitrogens with one attached hydrogen (secondary N) is 1. The first-order valence-electron chi connectivity index (χ1n) is 8.05. The fourth-order valence-corrected chi connectivity index (χ4v) is 4.49. The van der Waals surface area contributed by atoms with Crippen molar-refractivity contribution in [1.29, 1.82) is 0 Å². The van der Waals surface area contributed by atoms with E-state index in [1.54, 1.807) is 6.92 Å². The van der Waals surface area contributed by atoms with Crippen molar-refractivity contribution in [3.05, 3.63) is 29.8 Å². The number of aliphatic carboxylic acids is 1. The zero-order valence-corrected chi connectivity index (χ0v) is 14.5. The summed E-state index contributed by atoms with van der Waals surface area (Å²) in [5.74, 6) is -0.235. The molecule has 2 atom stereocenters. The number of benzene rings is 1. The molecule has 0 aliphatic carbocycles. The molecule has 0 bridgehead atoms. The second-order valence-electron chi connectivity index (χ2n) is 6.56. The van der Waals surface area contributed by atoms with Crippen LogP contribution >= 0.6 is 0 Å². The molecular weight excluding hydrogens is 314 g/mol. The van der Waals surface area contributed by atoms with Gasteiger partial charge in [0.2, 0.25) is 0 Å². The number of hydrogen-bond acceptors (Lipinski definition) is 4. The van der Waals surface area contributed by atoms with Crippen LogP contribution in [0.2, 0.25) is 0 Å². The van der Waals surface area contributed by atoms with Gasteiger partial charge in [0, 0.05) is 11.7 Å². The summed E-state index contributed by atoms with van der Waals surface area (Å²) >= 11 is 0. The molecule has 1 aliphatic rings. The molecule has 23 heavy (non-hydrogen) atoms. The lowest BCUT2D eigenvalue weighted by Crippen LogP contribution is -2.33. The van der Waals surface area contributed by atoms with Crippen LogP contribution in [0.5, 0.6) is 0 Å². The summed E-state index contributed by atoms with van der Waals surface area (Å²) in [6, 6.07) is 8.02. The number of hydrogen-bond donors (Lipinski definition) is 2. The van der Waals surface area contributed by atoms with E-state index < -0.39 is 21.7 Å². The van der Waals surface area contributed by atoms with Gasteiger partial charge in [-0.2, -0.15) is 0 Å². The fourth-order valence-electron chi connectivity index (χ4n) is 2.97. The van der Waals surface area contributed by atoms with E-state index in [-0.39, 0.29) is 17.5 Å². The summed E-state index contributed by atoms with van der Waals surface area (Å²) in [6.07, 6.45) is 1.95. The maximum Gasteiger partial charge on any atom is 0.306 e. The average molecular weight is 339 g/mol. The van der Waals surface area contributed by atoms with Crippen LogP contribution in [0.15, 0.2) is 24.3 Å². The monoisotopic (exact) mass is 339 g/mol. The van der Waals surface area contributed by atoms with Gasteiger partial charge >= 0.3 is 5.97 Å². The van der Waals surface area contributed by atoms with Gasteiger partial charge in [0.1, 0.15) is 9.84 Å². The summed E-state index contributed by atoms with van der Waals surface area (Å²) in [5.41, 5.74) is 1.99. The average Bonchev–Trinajstić information content (AvgIpc) is 2.49. The second kappa shape index (κ2) is 7.34. The summed E-state index contributed by atoms with van der Waals surface area (Å²) in [5, 5.41) is 12.4. The minimum atomic E-state index is -2.82. The van der Waals surface area contributed by atoms with Crippen molar-refractivity contribution in [3.63, 3.8) is 0 Å². The lowest BCUT2D eigenvalue weighted by atomic mass is 9.94. The molecule has 0 saturated carbocycles. The Bertz CT molecular complexity index is 625. The Hall–Kier alpha value is -1.56. The maximum atomic E-state index is 11.5. The smallest absolute Gasteiger partial charge is 0.306 e. The Kier molecular flexibility index (Phi) is 5.68. The number of anilines is 1. The molecule has 1 heterocycles. The third kappa shape index (κ3) is 5.23. The normalized spacial score (nSPS) is 20.6. The molecule has 1 aliphatic heterocycles. The van der Waals surface area contributed by atoms with Crippen molar-refractivity contribution in [2.45, 2.75) is 39.2 Å². The quantitative estimate of drug-likeness (QED) is 0.832.